The highest BCUT2D eigenvalue weighted by Gasteiger charge is 2.54. The van der Waals surface area contributed by atoms with Gasteiger partial charge in [0, 0.05) is 67.5 Å². The molecule has 0 aromatic heterocycles. The molecule has 4 heterocycles. The topological polar surface area (TPSA) is 136 Å². The molecule has 3 atom stereocenters. The van der Waals surface area contributed by atoms with Crippen molar-refractivity contribution in [3.05, 3.63) is 106 Å². The first-order valence-electron chi connectivity index (χ1n) is 20.3. The lowest BCUT2D eigenvalue weighted by atomic mass is 9.82. The van der Waals surface area contributed by atoms with Crippen LogP contribution in [0.25, 0.3) is 22.3 Å². The maximum atomic E-state index is 16.1. The molecule has 0 radical (unpaired) electrons. The van der Waals surface area contributed by atoms with Crippen LogP contribution >= 0.6 is 23.2 Å². The van der Waals surface area contributed by atoms with Gasteiger partial charge < -0.3 is 9.80 Å². The van der Waals surface area contributed by atoms with E-state index in [-0.39, 0.29) is 59.7 Å². The Morgan fingerprint density at radius 3 is 2.07 bits per heavy atom. The van der Waals surface area contributed by atoms with Gasteiger partial charge in [-0.05, 0) is 91.1 Å². The van der Waals surface area contributed by atoms with Crippen molar-refractivity contribution in [1.82, 2.24) is 15.5 Å². The van der Waals surface area contributed by atoms with Gasteiger partial charge in [0.15, 0.2) is 0 Å². The van der Waals surface area contributed by atoms with Crippen molar-refractivity contribution in [3.63, 3.8) is 0 Å². The fourth-order valence-electron chi connectivity index (χ4n) is 9.34. The summed E-state index contributed by atoms with van der Waals surface area (Å²) in [4.78, 5) is 83.0. The Hall–Kier alpha value is -5.59. The molecule has 4 aromatic rings. The van der Waals surface area contributed by atoms with Gasteiger partial charge in [-0.1, -0.05) is 71.7 Å². The molecule has 14 heteroatoms. The largest absolute Gasteiger partial charge is 0.327 e. The predicted octanol–water partition coefficient (Wildman–Crippen LogP) is 8.15. The van der Waals surface area contributed by atoms with Gasteiger partial charge in [0.2, 0.25) is 29.3 Å². The van der Waals surface area contributed by atoms with Gasteiger partial charge >= 0.3 is 6.03 Å². The highest BCUT2D eigenvalue weighted by Crippen LogP contribution is 2.50. The maximum Gasteiger partial charge on any atom is 0.324 e. The zero-order valence-corrected chi connectivity index (χ0v) is 34.4. The van der Waals surface area contributed by atoms with Crippen molar-refractivity contribution < 1.29 is 33.2 Å². The third-order valence-corrected chi connectivity index (χ3v) is 13.8. The first kappa shape index (κ1) is 39.8. The molecule has 1 saturated carbocycles. The van der Waals surface area contributed by atoms with Gasteiger partial charge in [0.05, 0.1) is 27.4 Å². The van der Waals surface area contributed by atoms with Crippen LogP contribution in [0.1, 0.15) is 86.3 Å². The summed E-state index contributed by atoms with van der Waals surface area (Å²) in [5.41, 5.74) is 2.61. The van der Waals surface area contributed by atoms with Crippen LogP contribution in [0.15, 0.2) is 78.9 Å². The first-order valence-corrected chi connectivity index (χ1v) is 21.1. The summed E-state index contributed by atoms with van der Waals surface area (Å²) >= 11 is 13.9. The van der Waals surface area contributed by atoms with E-state index in [4.69, 9.17) is 23.2 Å². The number of carbonyl (C=O) groups excluding carboxylic acids is 6. The predicted molar refractivity (Wildman–Crippen MR) is 225 cm³/mol. The van der Waals surface area contributed by atoms with Crippen molar-refractivity contribution in [1.29, 1.82) is 0 Å². The molecule has 4 saturated heterocycles. The second-order valence-electron chi connectivity index (χ2n) is 16.6. The number of piperidine rings is 3. The van der Waals surface area contributed by atoms with E-state index in [0.29, 0.717) is 57.9 Å². The number of amides is 7. The molecule has 4 aliphatic heterocycles. The Bertz CT molecular complexity index is 2490. The Morgan fingerprint density at radius 2 is 1.38 bits per heavy atom. The maximum absolute atomic E-state index is 16.1. The fourth-order valence-corrected chi connectivity index (χ4v) is 10.1. The minimum absolute atomic E-state index is 0.0173. The lowest BCUT2D eigenvalue weighted by Crippen LogP contribution is -2.54. The number of carbonyl (C=O) groups is 6. The van der Waals surface area contributed by atoms with Crippen LogP contribution in [0.5, 0.6) is 0 Å². The highest BCUT2D eigenvalue weighted by atomic mass is 35.5. The van der Waals surface area contributed by atoms with E-state index in [1.807, 2.05) is 48.3 Å². The van der Waals surface area contributed by atoms with Crippen LogP contribution in [0, 0.1) is 0 Å². The SMILES string of the molecule is CN1CCC2(CC2)N(c2ccc(-c3cc(C4CCCN(c5ccc(-c6cccc([C@@]7(F)CCC(=O)NC7=O)c6Cl)cc5)C4=O)cc(C4CCC(=O)NC4=O)c3Cl)cc2)C1=O. The normalized spacial score (nSPS) is 24.2. The molecule has 60 heavy (non-hydrogen) atoms. The number of hydrogen-bond donors (Lipinski definition) is 2. The van der Waals surface area contributed by atoms with Crippen LogP contribution in [0.2, 0.25) is 10.0 Å². The molecular weight excluding hydrogens is 808 g/mol. The van der Waals surface area contributed by atoms with Crippen molar-refractivity contribution in [2.45, 2.75) is 80.8 Å². The molecule has 2 unspecified atom stereocenters. The number of benzene rings is 4. The standard InChI is InChI=1S/C46H42Cl2FN5O6/c1-52-23-21-45(19-20-45)54(44(52)60)30-13-9-27(10-14-30)34-24-28(25-35(39(34)47)33-15-16-37(55)50-41(33)57)32-5-3-22-53(42(32)58)29-11-7-26(8-12-29)31-4-2-6-36(40(31)48)46(49)18-17-38(56)51-43(46)59/h2,4,6-14,24-25,32-33H,3,5,15-23H2,1H3,(H,50,55,57)(H,51,56,59)/t32?,33?,46-/m0/s1. The van der Waals surface area contributed by atoms with Gasteiger partial charge in [-0.15, -0.1) is 0 Å². The summed E-state index contributed by atoms with van der Waals surface area (Å²) < 4.78 is 16.1. The lowest BCUT2D eigenvalue weighted by molar-refractivity contribution is -0.144. The van der Waals surface area contributed by atoms with Crippen LogP contribution in [0.4, 0.5) is 20.6 Å². The van der Waals surface area contributed by atoms with Gasteiger partial charge in [0.1, 0.15) is 0 Å². The van der Waals surface area contributed by atoms with Crippen LogP contribution in [-0.2, 0) is 29.6 Å². The molecule has 5 aliphatic rings. The number of hydrogen-bond acceptors (Lipinski definition) is 6. The number of imide groups is 2. The number of nitrogens with one attached hydrogen (secondary N) is 2. The van der Waals surface area contributed by atoms with E-state index in [2.05, 4.69) is 10.6 Å². The minimum atomic E-state index is -2.45. The molecule has 11 nitrogen and oxygen atoms in total. The Kier molecular flexibility index (Phi) is 10.1. The van der Waals surface area contributed by atoms with Crippen molar-refractivity contribution in [3.8, 4) is 22.3 Å². The van der Waals surface area contributed by atoms with E-state index in [0.717, 1.165) is 37.1 Å². The third-order valence-electron chi connectivity index (χ3n) is 13.0. The summed E-state index contributed by atoms with van der Waals surface area (Å²) in [6, 6.07) is 23.4. The van der Waals surface area contributed by atoms with Crippen molar-refractivity contribution in [2.24, 2.45) is 0 Å². The van der Waals surface area contributed by atoms with Crippen LogP contribution in [0.3, 0.4) is 0 Å². The van der Waals surface area contributed by atoms with Crippen LogP contribution < -0.4 is 20.4 Å². The Morgan fingerprint density at radius 1 is 0.700 bits per heavy atom. The summed E-state index contributed by atoms with van der Waals surface area (Å²) in [5.74, 6) is -3.75. The third kappa shape index (κ3) is 6.83. The summed E-state index contributed by atoms with van der Waals surface area (Å²) in [7, 11) is 1.81. The highest BCUT2D eigenvalue weighted by molar-refractivity contribution is 6.35. The number of halogens is 3. The number of rotatable bonds is 7. The molecule has 1 spiro atoms. The zero-order valence-electron chi connectivity index (χ0n) is 32.9. The molecule has 2 N–H and O–H groups in total. The van der Waals surface area contributed by atoms with Gasteiger partial charge in [-0.2, -0.15) is 0 Å². The molecule has 9 rings (SSSR count). The number of alkyl halides is 1. The zero-order chi connectivity index (χ0) is 42.1. The quantitative estimate of drug-likeness (QED) is 0.180. The molecule has 308 valence electrons. The second-order valence-corrected chi connectivity index (χ2v) is 17.4. The van der Waals surface area contributed by atoms with Crippen molar-refractivity contribution in [2.75, 3.05) is 29.9 Å². The molecule has 0 bridgehead atoms. The van der Waals surface area contributed by atoms with E-state index in [1.165, 1.54) is 6.07 Å². The summed E-state index contributed by atoms with van der Waals surface area (Å²) in [5, 5.41) is 4.95. The van der Waals surface area contributed by atoms with Crippen molar-refractivity contribution >= 4 is 70.1 Å². The summed E-state index contributed by atoms with van der Waals surface area (Å²) in [6.45, 7) is 1.19. The first-order chi connectivity index (χ1) is 28.8. The Labute approximate surface area is 356 Å². The molecule has 4 aromatic carbocycles. The van der Waals surface area contributed by atoms with E-state index >= 15 is 4.39 Å². The number of nitrogens with zero attached hydrogens (tertiary/aromatic N) is 3. The smallest absolute Gasteiger partial charge is 0.324 e. The van der Waals surface area contributed by atoms with E-state index < -0.39 is 35.2 Å². The molecular formula is C46H42Cl2FN5O6. The minimum Gasteiger partial charge on any atom is -0.327 e. The average molecular weight is 851 g/mol. The Balaban J connectivity index is 1.02. The molecule has 1 aliphatic carbocycles. The number of anilines is 2. The molecule has 7 amide bonds. The monoisotopic (exact) mass is 849 g/mol. The molecule has 5 fully saturated rings. The van der Waals surface area contributed by atoms with Gasteiger partial charge in [-0.25, -0.2) is 9.18 Å². The number of urea groups is 1. The lowest BCUT2D eigenvalue weighted by Gasteiger charge is -2.40. The van der Waals surface area contributed by atoms with Gasteiger partial charge in [-0.3, -0.25) is 39.5 Å². The second kappa shape index (κ2) is 15.1. The summed E-state index contributed by atoms with van der Waals surface area (Å²) in [6.07, 6.45) is 4.06. The fraction of sp³-hybridized carbons (Fsp3) is 0.348. The van der Waals surface area contributed by atoms with Crippen LogP contribution in [-0.4, -0.2) is 66.1 Å². The van der Waals surface area contributed by atoms with E-state index in [1.54, 1.807) is 46.2 Å². The van der Waals surface area contributed by atoms with Gasteiger partial charge in [0.25, 0.3) is 5.91 Å². The van der Waals surface area contributed by atoms with E-state index in [9.17, 15) is 28.8 Å². The average Bonchev–Trinajstić information content (AvgIpc) is 4.01.